The van der Waals surface area contributed by atoms with E-state index in [1.165, 1.54) is 48.0 Å². The van der Waals surface area contributed by atoms with Gasteiger partial charge in [0.1, 0.15) is 0 Å². The predicted octanol–water partition coefficient (Wildman–Crippen LogP) is 13.3. The molecule has 7 aromatic carbocycles. The van der Waals surface area contributed by atoms with E-state index in [0.717, 1.165) is 39.2 Å². The third kappa shape index (κ3) is 5.78. The Morgan fingerprint density at radius 3 is 1.35 bits per heavy atom. The van der Waals surface area contributed by atoms with Gasteiger partial charge in [0.2, 0.25) is 0 Å². The molecule has 0 N–H and O–H groups in total. The Morgan fingerprint density at radius 2 is 0.824 bits per heavy atom. The van der Waals surface area contributed by atoms with Crippen molar-refractivity contribution in [2.45, 2.75) is 0 Å². The minimum atomic E-state index is 0.666. The Kier molecular flexibility index (Phi) is 7.78. The minimum absolute atomic E-state index is 0.666. The zero-order chi connectivity index (χ0) is 34.1. The largest absolute Gasteiger partial charge is 0.248 e. The number of thiophene rings is 1. The Morgan fingerprint density at radius 1 is 0.373 bits per heavy atom. The quantitative estimate of drug-likeness (QED) is 0.177. The van der Waals surface area contributed by atoms with Crippen LogP contribution in [0.2, 0.25) is 0 Å². The Bertz CT molecular complexity index is 2670. The topological polar surface area (TPSA) is 36.7 Å². The fourth-order valence-electron chi connectivity index (χ4n) is 6.96. The molecule has 51 heavy (non-hydrogen) atoms. The van der Waals surface area contributed by atoms with Crippen molar-refractivity contribution in [1.29, 1.82) is 5.26 Å². The Hall–Kier alpha value is -6.60. The predicted molar refractivity (Wildman–Crippen MR) is 214 cm³/mol. The standard InChI is InChI=1S/C48H30N2S/c49-31-32-22-24-34(25-23-32)41-18-10-20-43-44-21-11-19-42(48(44)51-47(41)43)40-27-37(33-12-4-1-5-13-33)26-38(28-40)39-29-45(35-14-6-2-7-15-35)50-46(30-39)36-16-8-3-9-17-36/h1-30H. The van der Waals surface area contributed by atoms with E-state index in [2.05, 4.69) is 164 Å². The molecule has 2 heterocycles. The van der Waals surface area contributed by atoms with Crippen molar-refractivity contribution in [2.75, 3.05) is 0 Å². The minimum Gasteiger partial charge on any atom is -0.248 e. The summed E-state index contributed by atoms with van der Waals surface area (Å²) in [5.74, 6) is 0. The molecule has 0 aliphatic heterocycles. The maximum Gasteiger partial charge on any atom is 0.0991 e. The molecule has 0 aliphatic carbocycles. The maximum absolute atomic E-state index is 9.37. The number of nitriles is 1. The van der Waals surface area contributed by atoms with Gasteiger partial charge in [-0.25, -0.2) is 4.98 Å². The van der Waals surface area contributed by atoms with Crippen LogP contribution in [0, 0.1) is 11.3 Å². The lowest BCUT2D eigenvalue weighted by molar-refractivity contribution is 1.32. The fourth-order valence-corrected chi connectivity index (χ4v) is 8.33. The summed E-state index contributed by atoms with van der Waals surface area (Å²) in [6.07, 6.45) is 0. The first-order valence-electron chi connectivity index (χ1n) is 17.0. The Labute approximate surface area is 301 Å². The van der Waals surface area contributed by atoms with Crippen molar-refractivity contribution < 1.29 is 0 Å². The Balaban J connectivity index is 1.27. The molecule has 0 unspecified atom stereocenters. The van der Waals surface area contributed by atoms with Gasteiger partial charge in [0.05, 0.1) is 23.0 Å². The summed E-state index contributed by atoms with van der Waals surface area (Å²) in [5.41, 5.74) is 14.0. The number of benzene rings is 7. The van der Waals surface area contributed by atoms with E-state index in [9.17, 15) is 5.26 Å². The normalized spacial score (nSPS) is 11.1. The second kappa shape index (κ2) is 13.0. The first kappa shape index (κ1) is 30.5. The van der Waals surface area contributed by atoms with Gasteiger partial charge >= 0.3 is 0 Å². The summed E-state index contributed by atoms with van der Waals surface area (Å²) in [4.78, 5) is 5.15. The van der Waals surface area contributed by atoms with E-state index in [1.54, 1.807) is 0 Å². The monoisotopic (exact) mass is 666 g/mol. The van der Waals surface area contributed by atoms with Crippen molar-refractivity contribution in [3.63, 3.8) is 0 Å². The van der Waals surface area contributed by atoms with Crippen LogP contribution in [0.4, 0.5) is 0 Å². The summed E-state index contributed by atoms with van der Waals surface area (Å²) in [6.45, 7) is 0. The summed E-state index contributed by atoms with van der Waals surface area (Å²) in [6, 6.07) is 66.3. The third-order valence-electron chi connectivity index (χ3n) is 9.50. The third-order valence-corrected chi connectivity index (χ3v) is 10.8. The number of nitrogens with zero attached hydrogens (tertiary/aromatic N) is 2. The highest BCUT2D eigenvalue weighted by Crippen LogP contribution is 2.45. The molecule has 2 nitrogen and oxygen atoms in total. The first-order chi connectivity index (χ1) is 25.2. The molecule has 0 saturated carbocycles. The number of rotatable bonds is 6. The highest BCUT2D eigenvalue weighted by molar-refractivity contribution is 7.26. The van der Waals surface area contributed by atoms with Gasteiger partial charge in [-0.15, -0.1) is 11.3 Å². The van der Waals surface area contributed by atoms with Gasteiger partial charge in [-0.05, 0) is 87.0 Å². The average molecular weight is 667 g/mol. The van der Waals surface area contributed by atoms with Crippen LogP contribution in [0.1, 0.15) is 5.56 Å². The summed E-state index contributed by atoms with van der Waals surface area (Å²) in [5, 5.41) is 11.9. The number of pyridine rings is 1. The van der Waals surface area contributed by atoms with Crippen LogP contribution >= 0.6 is 11.3 Å². The molecule has 0 fully saturated rings. The SMILES string of the molecule is N#Cc1ccc(-c2cccc3c2sc2c(-c4cc(-c5ccccc5)cc(-c5cc(-c6ccccc6)nc(-c6ccccc6)c5)c4)cccc23)cc1. The van der Waals surface area contributed by atoms with E-state index in [4.69, 9.17) is 4.98 Å². The number of aromatic nitrogens is 1. The first-order valence-corrected chi connectivity index (χ1v) is 17.8. The van der Waals surface area contributed by atoms with Gasteiger partial charge in [0.25, 0.3) is 0 Å². The van der Waals surface area contributed by atoms with E-state index < -0.39 is 0 Å². The van der Waals surface area contributed by atoms with E-state index in [-0.39, 0.29) is 0 Å². The lowest BCUT2D eigenvalue weighted by Crippen LogP contribution is -1.92. The van der Waals surface area contributed by atoms with Crippen LogP contribution in [0.25, 0.3) is 87.2 Å². The summed E-state index contributed by atoms with van der Waals surface area (Å²) < 4.78 is 2.51. The maximum atomic E-state index is 9.37. The number of fused-ring (bicyclic) bond motifs is 3. The van der Waals surface area contributed by atoms with Crippen LogP contribution in [-0.4, -0.2) is 4.98 Å². The number of hydrogen-bond acceptors (Lipinski definition) is 3. The van der Waals surface area contributed by atoms with Crippen LogP contribution in [-0.2, 0) is 0 Å². The zero-order valence-electron chi connectivity index (χ0n) is 27.6. The molecule has 0 amide bonds. The molecule has 9 aromatic rings. The molecule has 238 valence electrons. The van der Waals surface area contributed by atoms with Crippen molar-refractivity contribution in [3.05, 3.63) is 188 Å². The molecule has 9 rings (SSSR count). The van der Waals surface area contributed by atoms with Crippen LogP contribution < -0.4 is 0 Å². The van der Waals surface area contributed by atoms with Gasteiger partial charge in [-0.3, -0.25) is 0 Å². The van der Waals surface area contributed by atoms with Crippen molar-refractivity contribution in [3.8, 4) is 73.1 Å². The summed E-state index contributed by atoms with van der Waals surface area (Å²) >= 11 is 1.84. The molecule has 0 spiro atoms. The van der Waals surface area contributed by atoms with E-state index >= 15 is 0 Å². The zero-order valence-corrected chi connectivity index (χ0v) is 28.4. The van der Waals surface area contributed by atoms with Gasteiger partial charge < -0.3 is 0 Å². The fraction of sp³-hybridized carbons (Fsp3) is 0. The van der Waals surface area contributed by atoms with Crippen LogP contribution in [0.3, 0.4) is 0 Å². The molecule has 0 atom stereocenters. The highest BCUT2D eigenvalue weighted by Gasteiger charge is 2.17. The van der Waals surface area contributed by atoms with Crippen molar-refractivity contribution in [1.82, 2.24) is 4.98 Å². The number of hydrogen-bond donors (Lipinski definition) is 0. The molecule has 0 radical (unpaired) electrons. The molecular weight excluding hydrogens is 637 g/mol. The molecule has 0 aliphatic rings. The smallest absolute Gasteiger partial charge is 0.0991 e. The van der Waals surface area contributed by atoms with Crippen molar-refractivity contribution in [2.24, 2.45) is 0 Å². The van der Waals surface area contributed by atoms with Crippen LogP contribution in [0.15, 0.2) is 182 Å². The van der Waals surface area contributed by atoms with E-state index in [0.29, 0.717) is 5.56 Å². The van der Waals surface area contributed by atoms with Crippen molar-refractivity contribution >= 4 is 31.5 Å². The molecular formula is C48H30N2S. The van der Waals surface area contributed by atoms with Gasteiger partial charge in [0.15, 0.2) is 0 Å². The van der Waals surface area contributed by atoms with Gasteiger partial charge in [-0.2, -0.15) is 5.26 Å². The second-order valence-corrected chi connectivity index (χ2v) is 13.7. The lowest BCUT2D eigenvalue weighted by atomic mass is 9.92. The molecule has 3 heteroatoms. The lowest BCUT2D eigenvalue weighted by Gasteiger charge is -2.14. The van der Waals surface area contributed by atoms with Crippen LogP contribution in [0.5, 0.6) is 0 Å². The molecule has 0 bridgehead atoms. The van der Waals surface area contributed by atoms with Gasteiger partial charge in [-0.1, -0.05) is 140 Å². The molecule has 2 aromatic heterocycles. The second-order valence-electron chi connectivity index (χ2n) is 12.7. The van der Waals surface area contributed by atoms with E-state index in [1.807, 2.05) is 35.6 Å². The average Bonchev–Trinajstić information content (AvgIpc) is 3.61. The highest BCUT2D eigenvalue weighted by atomic mass is 32.1. The molecule has 0 saturated heterocycles. The summed E-state index contributed by atoms with van der Waals surface area (Å²) in [7, 11) is 0. The van der Waals surface area contributed by atoms with Gasteiger partial charge in [0, 0.05) is 31.3 Å².